The fourth-order valence-electron chi connectivity index (χ4n) is 1.38. The normalized spacial score (nSPS) is 10.9. The van der Waals surface area contributed by atoms with E-state index in [9.17, 15) is 18.0 Å². The van der Waals surface area contributed by atoms with Gasteiger partial charge >= 0.3 is 11.5 Å². The van der Waals surface area contributed by atoms with E-state index < -0.39 is 11.5 Å². The number of rotatable bonds is 3. The molecule has 0 heterocycles. The van der Waals surface area contributed by atoms with Gasteiger partial charge in [-0.25, -0.2) is 4.79 Å². The number of hydrogen-bond acceptors (Lipinski definition) is 5. The van der Waals surface area contributed by atoms with E-state index in [-0.39, 0.29) is 39.9 Å². The Morgan fingerprint density at radius 2 is 2.16 bits per heavy atom. The predicted molar refractivity (Wildman–Crippen MR) is 62.3 cm³/mol. The molecule has 1 rings (SSSR count). The maximum atomic E-state index is 12.4. The van der Waals surface area contributed by atoms with Crippen molar-refractivity contribution in [2.75, 3.05) is 7.11 Å². The molecule has 1 aromatic rings. The van der Waals surface area contributed by atoms with Crippen molar-refractivity contribution in [2.45, 2.75) is 16.9 Å². The third-order valence-electron chi connectivity index (χ3n) is 2.17. The summed E-state index contributed by atoms with van der Waals surface area (Å²) in [5.74, 6) is -0.871. The quantitative estimate of drug-likeness (QED) is 0.683. The van der Waals surface area contributed by atoms with Gasteiger partial charge in [-0.2, -0.15) is 18.4 Å². The van der Waals surface area contributed by atoms with Crippen LogP contribution in [-0.2, 0) is 11.3 Å². The zero-order chi connectivity index (χ0) is 14.6. The second-order valence-electron chi connectivity index (χ2n) is 3.36. The van der Waals surface area contributed by atoms with E-state index in [2.05, 4.69) is 4.74 Å². The lowest BCUT2D eigenvalue weighted by Gasteiger charge is -2.12. The van der Waals surface area contributed by atoms with Gasteiger partial charge in [0.05, 0.1) is 18.2 Å². The number of esters is 1. The summed E-state index contributed by atoms with van der Waals surface area (Å²) in [5, 5.41) is 8.88. The van der Waals surface area contributed by atoms with Crippen molar-refractivity contribution < 1.29 is 22.7 Å². The molecule has 0 aliphatic carbocycles. The number of halogens is 3. The Morgan fingerprint density at radius 3 is 2.58 bits per heavy atom. The smallest absolute Gasteiger partial charge is 0.446 e. The molecule has 8 heteroatoms. The third kappa shape index (κ3) is 3.87. The number of nitrogens with zero attached hydrogens (tertiary/aromatic N) is 1. The minimum absolute atomic E-state index is 0.0705. The van der Waals surface area contributed by atoms with Gasteiger partial charge < -0.3 is 10.5 Å². The minimum atomic E-state index is -4.51. The number of benzene rings is 1. The van der Waals surface area contributed by atoms with Crippen molar-refractivity contribution in [3.8, 4) is 6.07 Å². The molecule has 0 unspecified atom stereocenters. The van der Waals surface area contributed by atoms with E-state index in [1.165, 1.54) is 6.07 Å². The van der Waals surface area contributed by atoms with Crippen LogP contribution in [0, 0.1) is 11.3 Å². The number of ether oxygens (including phenoxy) is 1. The molecule has 0 fully saturated rings. The van der Waals surface area contributed by atoms with Gasteiger partial charge in [-0.1, -0.05) is 0 Å². The van der Waals surface area contributed by atoms with Crippen molar-refractivity contribution in [3.63, 3.8) is 0 Å². The number of hydrogen-bond donors (Lipinski definition) is 1. The molecular weight excluding hydrogens is 281 g/mol. The van der Waals surface area contributed by atoms with Gasteiger partial charge in [0.25, 0.3) is 0 Å². The van der Waals surface area contributed by atoms with Crippen LogP contribution >= 0.6 is 11.8 Å². The molecular formula is C11H9F3N2O2S. The Bertz CT molecular complexity index is 538. The summed E-state index contributed by atoms with van der Waals surface area (Å²) < 4.78 is 41.6. The van der Waals surface area contributed by atoms with Crippen molar-refractivity contribution in [2.24, 2.45) is 5.73 Å². The molecule has 0 amide bonds. The van der Waals surface area contributed by atoms with Crippen molar-refractivity contribution in [1.29, 1.82) is 5.26 Å². The van der Waals surface area contributed by atoms with Crippen LogP contribution in [0.25, 0.3) is 0 Å². The number of methoxy groups -OCH3 is 1. The zero-order valence-electron chi connectivity index (χ0n) is 9.75. The van der Waals surface area contributed by atoms with Gasteiger partial charge in [0, 0.05) is 11.4 Å². The van der Waals surface area contributed by atoms with Gasteiger partial charge in [-0.15, -0.1) is 0 Å². The summed E-state index contributed by atoms with van der Waals surface area (Å²) in [6, 6.07) is 3.87. The molecule has 0 bridgehead atoms. The molecule has 4 nitrogen and oxygen atoms in total. The fourth-order valence-corrected chi connectivity index (χ4v) is 2.07. The number of carbonyl (C=O) groups is 1. The average Bonchev–Trinajstić information content (AvgIpc) is 2.35. The van der Waals surface area contributed by atoms with E-state index in [1.54, 1.807) is 6.07 Å². The molecule has 0 aliphatic rings. The highest BCUT2D eigenvalue weighted by atomic mass is 32.2. The van der Waals surface area contributed by atoms with Crippen LogP contribution in [0.2, 0.25) is 0 Å². The highest BCUT2D eigenvalue weighted by molar-refractivity contribution is 8.00. The molecule has 1 aromatic carbocycles. The lowest BCUT2D eigenvalue weighted by molar-refractivity contribution is -0.0328. The zero-order valence-corrected chi connectivity index (χ0v) is 10.6. The third-order valence-corrected chi connectivity index (χ3v) is 3.00. The van der Waals surface area contributed by atoms with Crippen LogP contribution in [0.5, 0.6) is 0 Å². The van der Waals surface area contributed by atoms with Crippen molar-refractivity contribution >= 4 is 17.7 Å². The Morgan fingerprint density at radius 1 is 1.53 bits per heavy atom. The van der Waals surface area contributed by atoms with Gasteiger partial charge in [0.1, 0.15) is 6.07 Å². The highest BCUT2D eigenvalue weighted by Crippen LogP contribution is 2.39. The SMILES string of the molecule is COC(=O)c1cc(SC(F)(F)F)c(CN)cc1C#N. The van der Waals surface area contributed by atoms with E-state index in [0.717, 1.165) is 13.2 Å². The van der Waals surface area contributed by atoms with Crippen LogP contribution in [0.1, 0.15) is 21.5 Å². The van der Waals surface area contributed by atoms with Crippen LogP contribution in [0.3, 0.4) is 0 Å². The van der Waals surface area contributed by atoms with Crippen molar-refractivity contribution in [3.05, 3.63) is 28.8 Å². The Kier molecular flexibility index (Phi) is 4.80. The number of alkyl halides is 3. The molecule has 0 radical (unpaired) electrons. The van der Waals surface area contributed by atoms with Gasteiger partial charge in [-0.3, -0.25) is 0 Å². The van der Waals surface area contributed by atoms with Gasteiger partial charge in [0.15, 0.2) is 0 Å². The molecule has 102 valence electrons. The summed E-state index contributed by atoms with van der Waals surface area (Å²) in [5.41, 5.74) is 0.697. The number of nitrogens with two attached hydrogens (primary N) is 1. The summed E-state index contributed by atoms with van der Waals surface area (Å²) in [7, 11) is 1.08. The fraction of sp³-hybridized carbons (Fsp3) is 0.273. The first-order chi connectivity index (χ1) is 8.82. The summed E-state index contributed by atoms with van der Waals surface area (Å²) in [6.45, 7) is -0.172. The standard InChI is InChI=1S/C11H9F3N2O2S/c1-18-10(17)8-3-9(19-11(12,13)14)7(5-16)2-6(8)4-15/h2-3H,5,16H2,1H3. The van der Waals surface area contributed by atoms with E-state index >= 15 is 0 Å². The second kappa shape index (κ2) is 5.95. The Balaban J connectivity index is 3.38. The summed E-state index contributed by atoms with van der Waals surface area (Å²) in [6.07, 6.45) is 0. The lowest BCUT2D eigenvalue weighted by atomic mass is 10.0. The maximum Gasteiger partial charge on any atom is 0.446 e. The first-order valence-corrected chi connectivity index (χ1v) is 5.75. The van der Waals surface area contributed by atoms with Crippen molar-refractivity contribution in [1.82, 2.24) is 0 Å². The number of nitriles is 1. The highest BCUT2D eigenvalue weighted by Gasteiger charge is 2.31. The largest absolute Gasteiger partial charge is 0.465 e. The molecule has 0 saturated carbocycles. The average molecular weight is 290 g/mol. The van der Waals surface area contributed by atoms with Crippen LogP contribution in [0.15, 0.2) is 17.0 Å². The van der Waals surface area contributed by atoms with E-state index in [0.29, 0.717) is 0 Å². The van der Waals surface area contributed by atoms with Crippen LogP contribution < -0.4 is 5.73 Å². The first kappa shape index (κ1) is 15.3. The first-order valence-electron chi connectivity index (χ1n) is 4.93. The number of thioether (sulfide) groups is 1. The van der Waals surface area contributed by atoms with Crippen LogP contribution in [-0.4, -0.2) is 18.6 Å². The topological polar surface area (TPSA) is 76.1 Å². The maximum absolute atomic E-state index is 12.4. The molecule has 0 aromatic heterocycles. The van der Waals surface area contributed by atoms with E-state index in [1.807, 2.05) is 0 Å². The molecule has 0 spiro atoms. The molecule has 2 N–H and O–H groups in total. The molecule has 0 aliphatic heterocycles. The molecule has 0 saturated heterocycles. The minimum Gasteiger partial charge on any atom is -0.465 e. The summed E-state index contributed by atoms with van der Waals surface area (Å²) >= 11 is -0.384. The molecule has 19 heavy (non-hydrogen) atoms. The number of carbonyl (C=O) groups excluding carboxylic acids is 1. The molecule has 0 atom stereocenters. The summed E-state index contributed by atoms with van der Waals surface area (Å²) in [4.78, 5) is 11.2. The Labute approximate surface area is 111 Å². The predicted octanol–water partition coefficient (Wildman–Crippen LogP) is 2.42. The van der Waals surface area contributed by atoms with Gasteiger partial charge in [0.2, 0.25) is 0 Å². The monoisotopic (exact) mass is 290 g/mol. The second-order valence-corrected chi connectivity index (χ2v) is 4.47. The lowest BCUT2D eigenvalue weighted by Crippen LogP contribution is -2.09. The van der Waals surface area contributed by atoms with Gasteiger partial charge in [-0.05, 0) is 29.5 Å². The Hall–Kier alpha value is -1.72. The van der Waals surface area contributed by atoms with E-state index in [4.69, 9.17) is 11.0 Å². The van der Waals surface area contributed by atoms with Crippen LogP contribution in [0.4, 0.5) is 13.2 Å².